The molecule has 1 aromatic heterocycles. The highest BCUT2D eigenvalue weighted by Crippen LogP contribution is 2.22. The van der Waals surface area contributed by atoms with Crippen LogP contribution in [0.5, 0.6) is 0 Å². The normalized spacial score (nSPS) is 16.6. The van der Waals surface area contributed by atoms with Crippen molar-refractivity contribution in [1.82, 2.24) is 14.2 Å². The lowest BCUT2D eigenvalue weighted by Gasteiger charge is -2.22. The molecule has 0 aliphatic carbocycles. The molecule has 0 amide bonds. The highest BCUT2D eigenvalue weighted by molar-refractivity contribution is 7.89. The van der Waals surface area contributed by atoms with Gasteiger partial charge < -0.3 is 4.74 Å². The minimum absolute atomic E-state index is 0.00461. The smallest absolute Gasteiger partial charge is 0.339 e. The molecule has 1 aliphatic heterocycles. The van der Waals surface area contributed by atoms with Crippen molar-refractivity contribution in [3.63, 3.8) is 0 Å². The fourth-order valence-electron chi connectivity index (χ4n) is 3.18. The maximum atomic E-state index is 13.1. The van der Waals surface area contributed by atoms with E-state index >= 15 is 0 Å². The molecule has 8 heteroatoms. The van der Waals surface area contributed by atoms with Crippen molar-refractivity contribution in [2.24, 2.45) is 0 Å². The first-order chi connectivity index (χ1) is 13.0. The lowest BCUT2D eigenvalue weighted by molar-refractivity contribution is 0.0596. The number of hydrogen-bond donors (Lipinski definition) is 0. The van der Waals surface area contributed by atoms with E-state index in [1.807, 2.05) is 18.2 Å². The molecule has 1 aromatic carbocycles. The van der Waals surface area contributed by atoms with Gasteiger partial charge in [0.25, 0.3) is 0 Å². The van der Waals surface area contributed by atoms with Crippen LogP contribution in [-0.4, -0.2) is 61.9 Å². The zero-order chi connectivity index (χ0) is 19.3. The molecule has 1 saturated heterocycles. The second-order valence-electron chi connectivity index (χ2n) is 6.34. The molecule has 1 aliphatic rings. The predicted molar refractivity (Wildman–Crippen MR) is 101 cm³/mol. The van der Waals surface area contributed by atoms with Gasteiger partial charge in [-0.05, 0) is 37.2 Å². The van der Waals surface area contributed by atoms with Crippen LogP contribution in [0.25, 0.3) is 0 Å². The Balaban J connectivity index is 1.76. The molecule has 0 saturated carbocycles. The van der Waals surface area contributed by atoms with Gasteiger partial charge in [-0.3, -0.25) is 9.88 Å². The van der Waals surface area contributed by atoms with Crippen LogP contribution in [0.1, 0.15) is 22.5 Å². The van der Waals surface area contributed by atoms with Crippen LogP contribution in [0.4, 0.5) is 0 Å². The largest absolute Gasteiger partial charge is 0.465 e. The number of benzene rings is 1. The summed E-state index contributed by atoms with van der Waals surface area (Å²) < 4.78 is 32.4. The third kappa shape index (κ3) is 4.52. The monoisotopic (exact) mass is 389 g/mol. The van der Waals surface area contributed by atoms with E-state index < -0.39 is 16.0 Å². The van der Waals surface area contributed by atoms with Gasteiger partial charge in [-0.1, -0.05) is 18.2 Å². The molecule has 0 spiro atoms. The van der Waals surface area contributed by atoms with Gasteiger partial charge in [0.05, 0.1) is 23.3 Å². The van der Waals surface area contributed by atoms with Crippen LogP contribution in [0.15, 0.2) is 53.6 Å². The Bertz CT molecular complexity index is 887. The number of sulfonamides is 1. The van der Waals surface area contributed by atoms with Crippen molar-refractivity contribution >= 4 is 16.0 Å². The van der Waals surface area contributed by atoms with E-state index in [0.717, 1.165) is 12.2 Å². The lowest BCUT2D eigenvalue weighted by Crippen LogP contribution is -2.35. The fourth-order valence-corrected chi connectivity index (χ4v) is 4.83. The molecule has 7 nitrogen and oxygen atoms in total. The van der Waals surface area contributed by atoms with Crippen LogP contribution in [-0.2, 0) is 21.3 Å². The van der Waals surface area contributed by atoms with Gasteiger partial charge in [-0.2, -0.15) is 4.31 Å². The van der Waals surface area contributed by atoms with Crippen molar-refractivity contribution in [3.8, 4) is 0 Å². The van der Waals surface area contributed by atoms with Gasteiger partial charge in [-0.25, -0.2) is 13.2 Å². The van der Waals surface area contributed by atoms with E-state index in [2.05, 4.69) is 9.88 Å². The maximum absolute atomic E-state index is 13.1. The number of carbonyl (C=O) groups excluding carboxylic acids is 1. The summed E-state index contributed by atoms with van der Waals surface area (Å²) in [6.45, 7) is 2.87. The van der Waals surface area contributed by atoms with E-state index in [4.69, 9.17) is 4.74 Å². The molecule has 0 atom stereocenters. The van der Waals surface area contributed by atoms with Crippen molar-refractivity contribution < 1.29 is 17.9 Å². The van der Waals surface area contributed by atoms with Crippen molar-refractivity contribution in [2.75, 3.05) is 33.3 Å². The second-order valence-corrected chi connectivity index (χ2v) is 8.25. The van der Waals surface area contributed by atoms with E-state index in [-0.39, 0.29) is 10.5 Å². The van der Waals surface area contributed by atoms with Gasteiger partial charge in [0.1, 0.15) is 0 Å². The third-order valence-corrected chi connectivity index (χ3v) is 6.53. The Kier molecular flexibility index (Phi) is 6.20. The molecule has 0 unspecified atom stereocenters. The van der Waals surface area contributed by atoms with Crippen LogP contribution in [0.2, 0.25) is 0 Å². The summed E-state index contributed by atoms with van der Waals surface area (Å²) >= 11 is 0. The van der Waals surface area contributed by atoms with Gasteiger partial charge in [0.2, 0.25) is 10.0 Å². The Morgan fingerprint density at radius 3 is 2.59 bits per heavy atom. The maximum Gasteiger partial charge on any atom is 0.339 e. The summed E-state index contributed by atoms with van der Waals surface area (Å²) in [7, 11) is -2.53. The minimum atomic E-state index is -3.78. The molecule has 0 bridgehead atoms. The first-order valence-electron chi connectivity index (χ1n) is 8.82. The van der Waals surface area contributed by atoms with Gasteiger partial charge in [0.15, 0.2) is 0 Å². The molecular weight excluding hydrogens is 366 g/mol. The highest BCUT2D eigenvalue weighted by atomic mass is 32.2. The fraction of sp³-hybridized carbons (Fsp3) is 0.368. The summed E-state index contributed by atoms with van der Waals surface area (Å²) in [4.78, 5) is 18.5. The molecule has 3 rings (SSSR count). The number of nitrogens with zero attached hydrogens (tertiary/aromatic N) is 3. The molecule has 144 valence electrons. The summed E-state index contributed by atoms with van der Waals surface area (Å²) in [5.41, 5.74) is 1.03. The molecular formula is C19H23N3O4S. The van der Waals surface area contributed by atoms with Gasteiger partial charge >= 0.3 is 5.97 Å². The van der Waals surface area contributed by atoms with E-state index in [0.29, 0.717) is 32.6 Å². The van der Waals surface area contributed by atoms with Gasteiger partial charge in [-0.15, -0.1) is 0 Å². The number of aromatic nitrogens is 1. The van der Waals surface area contributed by atoms with Crippen LogP contribution >= 0.6 is 0 Å². The number of methoxy groups -OCH3 is 1. The van der Waals surface area contributed by atoms with Crippen LogP contribution in [0, 0.1) is 0 Å². The average Bonchev–Trinajstić information content (AvgIpc) is 2.94. The minimum Gasteiger partial charge on any atom is -0.465 e. The van der Waals surface area contributed by atoms with E-state index in [9.17, 15) is 13.2 Å². The summed E-state index contributed by atoms with van der Waals surface area (Å²) in [5.74, 6) is -0.652. The number of carbonyl (C=O) groups is 1. The first-order valence-corrected chi connectivity index (χ1v) is 10.3. The third-order valence-electron chi connectivity index (χ3n) is 4.57. The molecule has 2 aromatic rings. The zero-order valence-electron chi connectivity index (χ0n) is 15.2. The van der Waals surface area contributed by atoms with Crippen LogP contribution < -0.4 is 0 Å². The Morgan fingerprint density at radius 1 is 1.07 bits per heavy atom. The summed E-state index contributed by atoms with van der Waals surface area (Å²) in [6, 6.07) is 12.0. The van der Waals surface area contributed by atoms with Gasteiger partial charge in [0, 0.05) is 32.4 Å². The molecule has 27 heavy (non-hydrogen) atoms. The number of pyridine rings is 1. The SMILES string of the molecule is COC(=O)c1ccccc1S(=O)(=O)N1CCCN(Cc2ccccn2)CC1. The molecule has 2 heterocycles. The van der Waals surface area contributed by atoms with Crippen molar-refractivity contribution in [2.45, 2.75) is 17.9 Å². The van der Waals surface area contributed by atoms with Crippen molar-refractivity contribution in [3.05, 3.63) is 59.9 Å². The Morgan fingerprint density at radius 2 is 1.85 bits per heavy atom. The van der Waals surface area contributed by atoms with E-state index in [1.54, 1.807) is 18.3 Å². The first kappa shape index (κ1) is 19.5. The number of ether oxygens (including phenoxy) is 1. The van der Waals surface area contributed by atoms with E-state index in [1.165, 1.54) is 23.5 Å². The quantitative estimate of drug-likeness (QED) is 0.725. The zero-order valence-corrected chi connectivity index (χ0v) is 16.1. The highest BCUT2D eigenvalue weighted by Gasteiger charge is 2.30. The predicted octanol–water partition coefficient (Wildman–Crippen LogP) is 1.76. The molecule has 0 radical (unpaired) electrons. The Labute approximate surface area is 159 Å². The number of esters is 1. The average molecular weight is 389 g/mol. The van der Waals surface area contributed by atoms with Crippen molar-refractivity contribution in [1.29, 1.82) is 0 Å². The summed E-state index contributed by atoms with van der Waals surface area (Å²) in [5, 5.41) is 0. The molecule has 0 N–H and O–H groups in total. The topological polar surface area (TPSA) is 79.8 Å². The second kappa shape index (κ2) is 8.60. The lowest BCUT2D eigenvalue weighted by atomic mass is 10.2. The summed E-state index contributed by atoms with van der Waals surface area (Å²) in [6.07, 6.45) is 2.47. The Hall–Kier alpha value is -2.29. The molecule has 1 fully saturated rings. The number of hydrogen-bond acceptors (Lipinski definition) is 6. The number of rotatable bonds is 5. The standard InChI is InChI=1S/C19H23N3O4S/c1-26-19(23)17-8-2-3-9-18(17)27(24,25)22-12-6-11-21(13-14-22)15-16-7-4-5-10-20-16/h2-5,7-10H,6,11-15H2,1H3. The van der Waals surface area contributed by atoms with Crippen LogP contribution in [0.3, 0.4) is 0 Å².